The minimum absolute atomic E-state index is 0.0413. The molecule has 2 aromatic rings. The SMILES string of the molecule is C[C@H](Oc1ccc(C(F)(F)F)cc1-c1ccc(S(C)(=O)=O)cc1Cl)C(=O)OC(C)(C)C. The van der Waals surface area contributed by atoms with Crippen LogP contribution in [-0.4, -0.2) is 32.3 Å². The molecule has 0 radical (unpaired) electrons. The Morgan fingerprint density at radius 1 is 1.03 bits per heavy atom. The van der Waals surface area contributed by atoms with E-state index < -0.39 is 39.3 Å². The quantitative estimate of drug-likeness (QED) is 0.528. The van der Waals surface area contributed by atoms with Gasteiger partial charge >= 0.3 is 12.1 Å². The Labute approximate surface area is 184 Å². The maximum Gasteiger partial charge on any atom is 0.416 e. The number of carbonyl (C=O) groups is 1. The molecule has 31 heavy (non-hydrogen) atoms. The van der Waals surface area contributed by atoms with Crippen LogP contribution in [0.4, 0.5) is 13.2 Å². The second-order valence-electron chi connectivity index (χ2n) is 7.92. The topological polar surface area (TPSA) is 69.7 Å². The Bertz CT molecular complexity index is 1090. The third-order valence-corrected chi connectivity index (χ3v) is 5.43. The van der Waals surface area contributed by atoms with E-state index in [2.05, 4.69) is 0 Å². The zero-order valence-corrected chi connectivity index (χ0v) is 19.1. The average molecular weight is 479 g/mol. The third-order valence-electron chi connectivity index (χ3n) is 4.01. The van der Waals surface area contributed by atoms with Gasteiger partial charge in [0.05, 0.1) is 10.5 Å². The molecule has 0 fully saturated rings. The van der Waals surface area contributed by atoms with Gasteiger partial charge in [-0.2, -0.15) is 13.2 Å². The van der Waals surface area contributed by atoms with Crippen LogP contribution in [0.15, 0.2) is 41.3 Å². The zero-order valence-electron chi connectivity index (χ0n) is 17.5. The van der Waals surface area contributed by atoms with Crippen molar-refractivity contribution in [1.82, 2.24) is 0 Å². The largest absolute Gasteiger partial charge is 0.478 e. The number of hydrogen-bond acceptors (Lipinski definition) is 5. The fourth-order valence-electron chi connectivity index (χ4n) is 2.59. The smallest absolute Gasteiger partial charge is 0.416 e. The van der Waals surface area contributed by atoms with Crippen molar-refractivity contribution in [3.63, 3.8) is 0 Å². The predicted octanol–water partition coefficient (Wildman–Crippen LogP) is 5.54. The molecule has 0 aliphatic carbocycles. The molecule has 0 aromatic heterocycles. The molecule has 5 nitrogen and oxygen atoms in total. The number of carbonyl (C=O) groups excluding carboxylic acids is 1. The van der Waals surface area contributed by atoms with Gasteiger partial charge in [-0.15, -0.1) is 0 Å². The van der Waals surface area contributed by atoms with Crippen LogP contribution in [0.25, 0.3) is 11.1 Å². The Hall–Kier alpha value is -2.26. The van der Waals surface area contributed by atoms with Crippen molar-refractivity contribution >= 4 is 27.4 Å². The summed E-state index contributed by atoms with van der Waals surface area (Å²) in [5.74, 6) is -0.739. The summed E-state index contributed by atoms with van der Waals surface area (Å²) in [5, 5.41) is -0.0861. The van der Waals surface area contributed by atoms with Crippen LogP contribution in [0.5, 0.6) is 5.75 Å². The van der Waals surface area contributed by atoms with Crippen LogP contribution in [0.2, 0.25) is 5.02 Å². The highest BCUT2D eigenvalue weighted by Crippen LogP contribution is 2.40. The van der Waals surface area contributed by atoms with Crippen molar-refractivity contribution in [3.8, 4) is 16.9 Å². The van der Waals surface area contributed by atoms with E-state index in [-0.39, 0.29) is 26.8 Å². The number of alkyl halides is 3. The molecule has 2 rings (SSSR count). The minimum atomic E-state index is -4.64. The molecule has 1 atom stereocenters. The number of benzene rings is 2. The van der Waals surface area contributed by atoms with E-state index in [9.17, 15) is 26.4 Å². The molecule has 10 heteroatoms. The second-order valence-corrected chi connectivity index (χ2v) is 10.3. The molecule has 2 aromatic carbocycles. The molecule has 0 aliphatic rings. The van der Waals surface area contributed by atoms with Crippen LogP contribution < -0.4 is 4.74 Å². The van der Waals surface area contributed by atoms with Crippen molar-refractivity contribution in [1.29, 1.82) is 0 Å². The summed E-state index contributed by atoms with van der Waals surface area (Å²) in [6.07, 6.45) is -4.77. The predicted molar refractivity (Wildman–Crippen MR) is 111 cm³/mol. The van der Waals surface area contributed by atoms with Gasteiger partial charge in [0.15, 0.2) is 15.9 Å². The molecule has 0 saturated carbocycles. The Morgan fingerprint density at radius 3 is 2.13 bits per heavy atom. The van der Waals surface area contributed by atoms with E-state index in [0.29, 0.717) is 0 Å². The lowest BCUT2D eigenvalue weighted by molar-refractivity contribution is -0.162. The number of halogens is 4. The first kappa shape index (κ1) is 25.0. The van der Waals surface area contributed by atoms with Crippen molar-refractivity contribution in [2.45, 2.75) is 50.5 Å². The number of rotatable bonds is 5. The van der Waals surface area contributed by atoms with E-state index in [1.54, 1.807) is 20.8 Å². The fourth-order valence-corrected chi connectivity index (χ4v) is 3.58. The van der Waals surface area contributed by atoms with Crippen molar-refractivity contribution in [2.24, 2.45) is 0 Å². The van der Waals surface area contributed by atoms with Gasteiger partial charge in [-0.25, -0.2) is 13.2 Å². The monoisotopic (exact) mass is 478 g/mol. The third kappa shape index (κ3) is 6.61. The summed E-state index contributed by atoms with van der Waals surface area (Å²) in [4.78, 5) is 12.2. The van der Waals surface area contributed by atoms with Gasteiger partial charge in [0.2, 0.25) is 0 Å². The highest BCUT2D eigenvalue weighted by atomic mass is 35.5. The normalized spacial score (nSPS) is 13.6. The first-order valence-electron chi connectivity index (χ1n) is 9.10. The lowest BCUT2D eigenvalue weighted by atomic mass is 10.0. The molecule has 170 valence electrons. The van der Waals surface area contributed by atoms with E-state index in [1.165, 1.54) is 19.1 Å². The lowest BCUT2D eigenvalue weighted by Gasteiger charge is -2.24. The van der Waals surface area contributed by atoms with E-state index >= 15 is 0 Å². The Kier molecular flexibility index (Phi) is 7.02. The van der Waals surface area contributed by atoms with Gasteiger partial charge in [-0.05, 0) is 58.0 Å². The Balaban J connectivity index is 2.55. The molecule has 0 unspecified atom stereocenters. The van der Waals surface area contributed by atoms with Crippen LogP contribution in [0.1, 0.15) is 33.3 Å². The number of sulfone groups is 1. The van der Waals surface area contributed by atoms with Gasteiger partial charge in [-0.3, -0.25) is 0 Å². The minimum Gasteiger partial charge on any atom is -0.478 e. The number of ether oxygens (including phenoxy) is 2. The van der Waals surface area contributed by atoms with Crippen LogP contribution in [-0.2, 0) is 25.5 Å². The maximum atomic E-state index is 13.3. The molecule has 0 spiro atoms. The summed E-state index contributed by atoms with van der Waals surface area (Å²) < 4.78 is 74.2. The summed E-state index contributed by atoms with van der Waals surface area (Å²) in [7, 11) is -3.57. The van der Waals surface area contributed by atoms with E-state index in [1.807, 2.05) is 0 Å². The van der Waals surface area contributed by atoms with Crippen LogP contribution >= 0.6 is 11.6 Å². The molecule has 0 amide bonds. The van der Waals surface area contributed by atoms with Crippen molar-refractivity contribution in [2.75, 3.05) is 6.26 Å². The summed E-state index contributed by atoms with van der Waals surface area (Å²) in [6.45, 7) is 6.42. The molecule has 0 N–H and O–H groups in total. The molecular weight excluding hydrogens is 457 g/mol. The van der Waals surface area contributed by atoms with Crippen LogP contribution in [0, 0.1) is 0 Å². The van der Waals surface area contributed by atoms with Gasteiger partial charge < -0.3 is 9.47 Å². The molecule has 0 heterocycles. The van der Waals surface area contributed by atoms with E-state index in [4.69, 9.17) is 21.1 Å². The maximum absolute atomic E-state index is 13.3. The molecule has 0 bridgehead atoms. The Morgan fingerprint density at radius 2 is 1.65 bits per heavy atom. The lowest BCUT2D eigenvalue weighted by Crippen LogP contribution is -2.33. The first-order chi connectivity index (χ1) is 14.0. The zero-order chi connectivity index (χ0) is 23.8. The fraction of sp³-hybridized carbons (Fsp3) is 0.381. The van der Waals surface area contributed by atoms with Crippen molar-refractivity contribution < 1.29 is 35.9 Å². The van der Waals surface area contributed by atoms with Gasteiger partial charge in [0.25, 0.3) is 0 Å². The highest BCUT2D eigenvalue weighted by molar-refractivity contribution is 7.90. The number of hydrogen-bond donors (Lipinski definition) is 0. The van der Waals surface area contributed by atoms with Gasteiger partial charge in [0, 0.05) is 22.4 Å². The summed E-state index contributed by atoms with van der Waals surface area (Å²) in [6, 6.07) is 6.41. The second kappa shape index (κ2) is 8.70. The van der Waals surface area contributed by atoms with Crippen LogP contribution in [0.3, 0.4) is 0 Å². The van der Waals surface area contributed by atoms with Gasteiger partial charge in [-0.1, -0.05) is 17.7 Å². The van der Waals surface area contributed by atoms with E-state index in [0.717, 1.165) is 30.5 Å². The number of esters is 1. The van der Waals surface area contributed by atoms with Crippen molar-refractivity contribution in [3.05, 3.63) is 47.0 Å². The molecule has 0 aliphatic heterocycles. The highest BCUT2D eigenvalue weighted by Gasteiger charge is 2.32. The standard InChI is InChI=1S/C21H22ClF3O5S/c1-12(19(26)30-20(2,3)4)29-18-9-6-13(21(23,24)25)10-16(18)15-8-7-14(11-17(15)22)31(5,27)28/h6-12H,1-5H3/t12-/m0/s1. The van der Waals surface area contributed by atoms with Gasteiger partial charge in [0.1, 0.15) is 11.4 Å². The average Bonchev–Trinajstić information content (AvgIpc) is 2.59. The molecule has 0 saturated heterocycles. The molecular formula is C21H22ClF3O5S. The summed E-state index contributed by atoms with van der Waals surface area (Å²) in [5.41, 5.74) is -1.66. The first-order valence-corrected chi connectivity index (χ1v) is 11.4. The summed E-state index contributed by atoms with van der Waals surface area (Å²) >= 11 is 6.20.